The van der Waals surface area contributed by atoms with E-state index in [-0.39, 0.29) is 0 Å². The number of methoxy groups -OCH3 is 3. The maximum Gasteiger partial charge on any atom is 0.229 e. The standard InChI is InChI=1S/C24H28N6O3S/c1-15-12-16(2)27-23(26-15)29-22(25-14-17-6-8-18(31-3)9-7-17)30-24(34)28-20-11-10-19(32-4)13-21(20)33-5/h6-13H,14H2,1-5H3,(H3,25,26,27,28,29,30,34). The Morgan fingerprint density at radius 1 is 0.853 bits per heavy atom. The monoisotopic (exact) mass is 480 g/mol. The number of hydrogen-bond donors (Lipinski definition) is 3. The molecule has 0 aliphatic rings. The Bertz CT molecular complexity index is 1150. The number of aryl methyl sites for hydroxylation is 2. The number of anilines is 2. The van der Waals surface area contributed by atoms with Crippen molar-refractivity contribution in [2.75, 3.05) is 32.0 Å². The van der Waals surface area contributed by atoms with Gasteiger partial charge in [-0.2, -0.15) is 0 Å². The fourth-order valence-electron chi connectivity index (χ4n) is 3.06. The number of aromatic nitrogens is 2. The Morgan fingerprint density at radius 2 is 1.50 bits per heavy atom. The lowest BCUT2D eigenvalue weighted by Gasteiger charge is -2.16. The van der Waals surface area contributed by atoms with Crippen LogP contribution in [0.15, 0.2) is 53.5 Å². The fraction of sp³-hybridized carbons (Fsp3) is 0.250. The highest BCUT2D eigenvalue weighted by Gasteiger charge is 2.10. The molecular formula is C24H28N6O3S. The Morgan fingerprint density at radius 3 is 2.12 bits per heavy atom. The van der Waals surface area contributed by atoms with E-state index in [0.717, 1.165) is 22.7 Å². The van der Waals surface area contributed by atoms with Gasteiger partial charge in [-0.3, -0.25) is 5.32 Å². The maximum absolute atomic E-state index is 5.53. The number of rotatable bonds is 7. The lowest BCUT2D eigenvalue weighted by atomic mass is 10.2. The third-order valence-corrected chi connectivity index (χ3v) is 4.88. The average molecular weight is 481 g/mol. The first-order chi connectivity index (χ1) is 16.4. The topological polar surface area (TPSA) is 102 Å². The van der Waals surface area contributed by atoms with Crippen molar-refractivity contribution in [2.24, 2.45) is 4.99 Å². The first-order valence-corrected chi connectivity index (χ1v) is 10.9. The van der Waals surface area contributed by atoms with Gasteiger partial charge in [-0.05, 0) is 62.0 Å². The molecule has 0 unspecified atom stereocenters. The fourth-order valence-corrected chi connectivity index (χ4v) is 3.27. The van der Waals surface area contributed by atoms with Crippen LogP contribution in [-0.4, -0.2) is 42.4 Å². The predicted molar refractivity (Wildman–Crippen MR) is 138 cm³/mol. The van der Waals surface area contributed by atoms with Crippen molar-refractivity contribution >= 4 is 34.9 Å². The summed E-state index contributed by atoms with van der Waals surface area (Å²) < 4.78 is 15.9. The molecule has 3 N–H and O–H groups in total. The molecule has 0 aliphatic heterocycles. The molecule has 3 aromatic rings. The second-order valence-electron chi connectivity index (χ2n) is 7.26. The summed E-state index contributed by atoms with van der Waals surface area (Å²) in [6.45, 7) is 4.21. The summed E-state index contributed by atoms with van der Waals surface area (Å²) in [5, 5.41) is 9.66. The van der Waals surface area contributed by atoms with Crippen molar-refractivity contribution in [3.8, 4) is 17.2 Å². The number of nitrogens with one attached hydrogen (secondary N) is 3. The Kier molecular flexibility index (Phi) is 8.58. The highest BCUT2D eigenvalue weighted by molar-refractivity contribution is 7.80. The molecule has 10 heteroatoms. The zero-order valence-corrected chi connectivity index (χ0v) is 20.6. The van der Waals surface area contributed by atoms with E-state index in [1.165, 1.54) is 0 Å². The number of hydrogen-bond acceptors (Lipinski definition) is 7. The van der Waals surface area contributed by atoms with Crippen molar-refractivity contribution in [3.05, 3.63) is 65.5 Å². The highest BCUT2D eigenvalue weighted by Crippen LogP contribution is 2.28. The van der Waals surface area contributed by atoms with Gasteiger partial charge in [0.25, 0.3) is 0 Å². The van der Waals surface area contributed by atoms with Crippen molar-refractivity contribution in [2.45, 2.75) is 20.4 Å². The summed E-state index contributed by atoms with van der Waals surface area (Å²) in [6, 6.07) is 15.0. The van der Waals surface area contributed by atoms with Crippen LogP contribution in [0, 0.1) is 13.8 Å². The minimum atomic E-state index is 0.314. The first-order valence-electron chi connectivity index (χ1n) is 10.5. The molecule has 0 fully saturated rings. The molecule has 0 bridgehead atoms. The van der Waals surface area contributed by atoms with E-state index in [0.29, 0.717) is 40.8 Å². The molecular weight excluding hydrogens is 452 g/mol. The quantitative estimate of drug-likeness (QED) is 0.262. The lowest BCUT2D eigenvalue weighted by Crippen LogP contribution is -2.39. The third-order valence-electron chi connectivity index (χ3n) is 4.68. The molecule has 0 amide bonds. The zero-order chi connectivity index (χ0) is 24.5. The number of ether oxygens (including phenoxy) is 3. The van der Waals surface area contributed by atoms with E-state index in [2.05, 4.69) is 30.9 Å². The van der Waals surface area contributed by atoms with Crippen molar-refractivity contribution in [1.29, 1.82) is 0 Å². The van der Waals surface area contributed by atoms with Gasteiger partial charge in [0.2, 0.25) is 11.9 Å². The largest absolute Gasteiger partial charge is 0.497 e. The van der Waals surface area contributed by atoms with Gasteiger partial charge in [0.15, 0.2) is 5.11 Å². The van der Waals surface area contributed by atoms with E-state index >= 15 is 0 Å². The molecule has 0 saturated carbocycles. The van der Waals surface area contributed by atoms with Crippen molar-refractivity contribution in [3.63, 3.8) is 0 Å². The second-order valence-corrected chi connectivity index (χ2v) is 7.67. The van der Waals surface area contributed by atoms with Crippen LogP contribution in [-0.2, 0) is 6.54 Å². The van der Waals surface area contributed by atoms with Gasteiger partial charge in [-0.15, -0.1) is 0 Å². The van der Waals surface area contributed by atoms with Gasteiger partial charge in [0.05, 0.1) is 33.6 Å². The summed E-state index contributed by atoms with van der Waals surface area (Å²) in [7, 11) is 4.81. The predicted octanol–water partition coefficient (Wildman–Crippen LogP) is 4.07. The summed E-state index contributed by atoms with van der Waals surface area (Å²) in [5.41, 5.74) is 3.36. The van der Waals surface area contributed by atoms with Crippen molar-refractivity contribution < 1.29 is 14.2 Å². The van der Waals surface area contributed by atoms with Gasteiger partial charge in [-0.1, -0.05) is 12.1 Å². The Hall–Kier alpha value is -3.92. The lowest BCUT2D eigenvalue weighted by molar-refractivity contribution is 0.395. The van der Waals surface area contributed by atoms with Crippen LogP contribution in [0.3, 0.4) is 0 Å². The smallest absolute Gasteiger partial charge is 0.229 e. The number of guanidine groups is 1. The molecule has 0 aliphatic carbocycles. The van der Waals surface area contributed by atoms with Crippen LogP contribution in [0.4, 0.5) is 11.6 Å². The van der Waals surface area contributed by atoms with E-state index < -0.39 is 0 Å². The Labute approximate surface area is 204 Å². The van der Waals surface area contributed by atoms with Gasteiger partial charge >= 0.3 is 0 Å². The van der Waals surface area contributed by atoms with E-state index in [4.69, 9.17) is 26.4 Å². The molecule has 0 saturated heterocycles. The molecule has 1 aromatic heterocycles. The van der Waals surface area contributed by atoms with Crippen LogP contribution in [0.25, 0.3) is 0 Å². The van der Waals surface area contributed by atoms with Gasteiger partial charge in [-0.25, -0.2) is 15.0 Å². The van der Waals surface area contributed by atoms with Crippen LogP contribution < -0.4 is 30.2 Å². The minimum absolute atomic E-state index is 0.314. The van der Waals surface area contributed by atoms with Crippen LogP contribution in [0.1, 0.15) is 17.0 Å². The van der Waals surface area contributed by atoms with Gasteiger partial charge in [0, 0.05) is 17.5 Å². The number of thiocarbonyl (C=S) groups is 1. The molecule has 9 nitrogen and oxygen atoms in total. The average Bonchev–Trinajstić information content (AvgIpc) is 2.82. The number of benzene rings is 2. The molecule has 0 spiro atoms. The van der Waals surface area contributed by atoms with E-state index in [1.807, 2.05) is 56.3 Å². The summed E-state index contributed by atoms with van der Waals surface area (Å²) in [4.78, 5) is 13.5. The number of aliphatic imine (C=N–C) groups is 1. The molecule has 1 heterocycles. The Balaban J connectivity index is 1.79. The molecule has 0 atom stereocenters. The van der Waals surface area contributed by atoms with Gasteiger partial charge in [0.1, 0.15) is 17.2 Å². The molecule has 178 valence electrons. The molecule has 0 radical (unpaired) electrons. The van der Waals surface area contributed by atoms with E-state index in [1.54, 1.807) is 27.4 Å². The third kappa shape index (κ3) is 7.04. The van der Waals surface area contributed by atoms with E-state index in [9.17, 15) is 0 Å². The summed E-state index contributed by atoms with van der Waals surface area (Å²) in [6.07, 6.45) is 0. The van der Waals surface area contributed by atoms with Gasteiger partial charge < -0.3 is 24.8 Å². The van der Waals surface area contributed by atoms with Crippen LogP contribution in [0.5, 0.6) is 17.2 Å². The SMILES string of the molecule is COc1ccc(CN=C(NC(=S)Nc2ccc(OC)cc2OC)Nc2nc(C)cc(C)n2)cc1. The molecule has 3 rings (SSSR count). The normalized spacial score (nSPS) is 10.9. The number of nitrogens with zero attached hydrogens (tertiary/aromatic N) is 3. The van der Waals surface area contributed by atoms with Crippen molar-refractivity contribution in [1.82, 2.24) is 15.3 Å². The highest BCUT2D eigenvalue weighted by atomic mass is 32.1. The summed E-state index contributed by atoms with van der Waals surface area (Å²) >= 11 is 5.53. The maximum atomic E-state index is 5.53. The minimum Gasteiger partial charge on any atom is -0.497 e. The first kappa shape index (κ1) is 24.7. The zero-order valence-electron chi connectivity index (χ0n) is 19.8. The molecule has 34 heavy (non-hydrogen) atoms. The van der Waals surface area contributed by atoms with Crippen LogP contribution >= 0.6 is 12.2 Å². The summed E-state index contributed by atoms with van der Waals surface area (Å²) in [5.74, 6) is 2.86. The second kappa shape index (κ2) is 11.8. The molecule has 2 aromatic carbocycles. The van der Waals surface area contributed by atoms with Crippen LogP contribution in [0.2, 0.25) is 0 Å².